The number of rotatable bonds is 6. The van der Waals surface area contributed by atoms with Gasteiger partial charge in [0, 0.05) is 44.1 Å². The number of hydrogen-bond acceptors (Lipinski definition) is 4. The van der Waals surface area contributed by atoms with Crippen LogP contribution in [0.2, 0.25) is 0 Å². The molecule has 4 aromatic heterocycles. The van der Waals surface area contributed by atoms with Crippen molar-refractivity contribution in [2.45, 2.75) is 33.1 Å². The zero-order valence-electron chi connectivity index (χ0n) is 38.9. The van der Waals surface area contributed by atoms with Crippen LogP contribution in [-0.4, -0.2) is 19.9 Å². The number of aromatic nitrogens is 4. The minimum absolute atomic E-state index is 0.678. The number of nitrogens with zero attached hydrogens (tertiary/aromatic N) is 4. The fourth-order valence-electron chi connectivity index (χ4n) is 11.5. The monoisotopic (exact) mass is 882 g/mol. The molecule has 1 aliphatic rings. The zero-order chi connectivity index (χ0) is 46.4. The summed E-state index contributed by atoms with van der Waals surface area (Å²) in [4.78, 5) is 21.4. The highest BCUT2D eigenvalue weighted by Crippen LogP contribution is 2.57. The van der Waals surface area contributed by atoms with Crippen LogP contribution in [0.1, 0.15) is 44.8 Å². The molecule has 4 heteroatoms. The van der Waals surface area contributed by atoms with Crippen molar-refractivity contribution in [1.29, 1.82) is 0 Å². The first-order chi connectivity index (χ1) is 33.8. The van der Waals surface area contributed by atoms with Gasteiger partial charge in [0.15, 0.2) is 0 Å². The van der Waals surface area contributed by atoms with Crippen molar-refractivity contribution in [3.8, 4) is 55.9 Å². The van der Waals surface area contributed by atoms with Crippen molar-refractivity contribution >= 4 is 43.6 Å². The normalized spacial score (nSPS) is 12.8. The maximum Gasteiger partial charge on any atom is 0.0978 e. The first-order valence-electron chi connectivity index (χ1n) is 23.8. The Bertz CT molecular complexity index is 3800. The summed E-state index contributed by atoms with van der Waals surface area (Å²) in [6.45, 7) is 8.47. The predicted molar refractivity (Wildman–Crippen MR) is 286 cm³/mol. The number of aryl methyl sites for hydroxylation is 4. The molecule has 69 heavy (non-hydrogen) atoms. The van der Waals surface area contributed by atoms with Gasteiger partial charge >= 0.3 is 0 Å². The SMILES string of the molecule is Cc1cc(C)c2ccc3c(-c4ccccc4)cc(-c4cccc(C5(c6cccc(-c7cc(-c8ccccc8)c8ccc9c(C)cc(C)nc9c8n7)c6)c6ccccc6-c6ccccc65)c4)nc3c2n1. The molecular formula is C65H46N4. The Kier molecular flexibility index (Phi) is 9.28. The third-order valence-corrected chi connectivity index (χ3v) is 14.5. The van der Waals surface area contributed by atoms with E-state index in [4.69, 9.17) is 19.9 Å². The van der Waals surface area contributed by atoms with E-state index in [1.165, 1.54) is 33.4 Å². The quantitative estimate of drug-likeness (QED) is 0.156. The summed E-state index contributed by atoms with van der Waals surface area (Å²) in [5.41, 5.74) is 23.1. The maximum absolute atomic E-state index is 5.56. The third-order valence-electron chi connectivity index (χ3n) is 14.5. The molecule has 4 heterocycles. The smallest absolute Gasteiger partial charge is 0.0978 e. The van der Waals surface area contributed by atoms with Crippen LogP contribution in [0.5, 0.6) is 0 Å². The van der Waals surface area contributed by atoms with Gasteiger partial charge in [-0.15, -0.1) is 0 Å². The van der Waals surface area contributed by atoms with Crippen molar-refractivity contribution in [3.05, 3.63) is 251 Å². The van der Waals surface area contributed by atoms with Crippen molar-refractivity contribution in [2.75, 3.05) is 0 Å². The van der Waals surface area contributed by atoms with Crippen LogP contribution in [0.25, 0.3) is 99.5 Å². The molecule has 0 unspecified atom stereocenters. The molecule has 0 saturated heterocycles. The minimum atomic E-state index is -0.678. The van der Waals surface area contributed by atoms with Gasteiger partial charge in [-0.25, -0.2) is 9.97 Å². The van der Waals surface area contributed by atoms with E-state index in [9.17, 15) is 0 Å². The average molecular weight is 883 g/mol. The molecule has 326 valence electrons. The van der Waals surface area contributed by atoms with Gasteiger partial charge in [0.2, 0.25) is 0 Å². The molecule has 0 N–H and O–H groups in total. The van der Waals surface area contributed by atoms with Crippen LogP contribution >= 0.6 is 0 Å². The first kappa shape index (κ1) is 40.7. The minimum Gasteiger partial charge on any atom is -0.251 e. The standard InChI is InChI=1S/C65H46N4/c1-39-33-41(3)66-61-49(39)29-31-53-55(43-17-7-5-8-18-43)37-59(68-63(53)61)45-21-15-23-47(35-45)65(57-27-13-11-25-51(57)52-26-12-14-28-58(52)65)48-24-16-22-46(36-48)60-38-56(44-19-9-6-10-20-44)54-32-30-50-40(2)34-42(4)67-62(50)64(54)69-60/h5-38H,1-4H3. The molecule has 0 saturated carbocycles. The molecule has 0 atom stereocenters. The fraction of sp³-hybridized carbons (Fsp3) is 0.0769. The van der Waals surface area contributed by atoms with Crippen LogP contribution in [0.3, 0.4) is 0 Å². The van der Waals surface area contributed by atoms with Gasteiger partial charge in [0.05, 0.1) is 38.9 Å². The molecule has 0 amide bonds. The Morgan fingerprint density at radius 3 is 1.12 bits per heavy atom. The summed E-state index contributed by atoms with van der Waals surface area (Å²) in [6, 6.07) is 75.2. The van der Waals surface area contributed by atoms with Crippen LogP contribution in [0.15, 0.2) is 206 Å². The number of hydrogen-bond donors (Lipinski definition) is 0. The van der Waals surface area contributed by atoms with Crippen molar-refractivity contribution in [2.24, 2.45) is 0 Å². The zero-order valence-corrected chi connectivity index (χ0v) is 38.9. The lowest BCUT2D eigenvalue weighted by Crippen LogP contribution is -2.28. The third kappa shape index (κ3) is 6.36. The molecular weight excluding hydrogens is 837 g/mol. The van der Waals surface area contributed by atoms with Crippen LogP contribution in [0.4, 0.5) is 0 Å². The number of benzene rings is 8. The predicted octanol–water partition coefficient (Wildman–Crippen LogP) is 16.1. The highest BCUT2D eigenvalue weighted by Gasteiger charge is 2.46. The van der Waals surface area contributed by atoms with Gasteiger partial charge < -0.3 is 0 Å². The van der Waals surface area contributed by atoms with Crippen LogP contribution in [0, 0.1) is 27.7 Å². The summed E-state index contributed by atoms with van der Waals surface area (Å²) >= 11 is 0. The first-order valence-corrected chi connectivity index (χ1v) is 23.8. The van der Waals surface area contributed by atoms with Gasteiger partial charge in [-0.1, -0.05) is 170 Å². The molecule has 8 aromatic carbocycles. The van der Waals surface area contributed by atoms with E-state index in [1.807, 2.05) is 0 Å². The second kappa shape index (κ2) is 15.8. The Morgan fingerprint density at radius 1 is 0.290 bits per heavy atom. The fourth-order valence-corrected chi connectivity index (χ4v) is 11.5. The topological polar surface area (TPSA) is 51.6 Å². The molecule has 4 nitrogen and oxygen atoms in total. The van der Waals surface area contributed by atoms with E-state index < -0.39 is 5.41 Å². The second-order valence-corrected chi connectivity index (χ2v) is 18.7. The second-order valence-electron chi connectivity index (χ2n) is 18.7. The van der Waals surface area contributed by atoms with E-state index in [2.05, 4.69) is 234 Å². The Balaban J connectivity index is 1.07. The van der Waals surface area contributed by atoms with Crippen LogP contribution in [-0.2, 0) is 5.41 Å². The Labute approximate surface area is 401 Å². The number of fused-ring (bicyclic) bond motifs is 9. The Morgan fingerprint density at radius 2 is 0.667 bits per heavy atom. The van der Waals surface area contributed by atoms with Crippen molar-refractivity contribution < 1.29 is 0 Å². The molecule has 0 bridgehead atoms. The van der Waals surface area contributed by atoms with Gasteiger partial charge in [-0.3, -0.25) is 9.97 Å². The van der Waals surface area contributed by atoms with E-state index >= 15 is 0 Å². The van der Waals surface area contributed by atoms with Gasteiger partial charge in [0.1, 0.15) is 0 Å². The summed E-state index contributed by atoms with van der Waals surface area (Å²) in [7, 11) is 0. The largest absolute Gasteiger partial charge is 0.251 e. The number of pyridine rings is 4. The lowest BCUT2D eigenvalue weighted by atomic mass is 9.67. The lowest BCUT2D eigenvalue weighted by Gasteiger charge is -2.34. The van der Waals surface area contributed by atoms with E-state index in [0.717, 1.165) is 111 Å². The summed E-state index contributed by atoms with van der Waals surface area (Å²) in [5.74, 6) is 0. The van der Waals surface area contributed by atoms with E-state index in [-0.39, 0.29) is 0 Å². The molecule has 0 spiro atoms. The average Bonchev–Trinajstić information content (AvgIpc) is 3.69. The molecule has 0 fully saturated rings. The van der Waals surface area contributed by atoms with Gasteiger partial charge in [-0.05, 0) is 131 Å². The van der Waals surface area contributed by atoms with Crippen molar-refractivity contribution in [1.82, 2.24) is 19.9 Å². The maximum atomic E-state index is 5.56. The Hall–Kier alpha value is -8.60. The molecule has 13 rings (SSSR count). The molecule has 0 aliphatic heterocycles. The van der Waals surface area contributed by atoms with E-state index in [0.29, 0.717) is 0 Å². The van der Waals surface area contributed by atoms with Crippen molar-refractivity contribution in [3.63, 3.8) is 0 Å². The molecule has 1 aliphatic carbocycles. The van der Waals surface area contributed by atoms with E-state index in [1.54, 1.807) is 0 Å². The molecule has 0 radical (unpaired) electrons. The molecule has 12 aromatic rings. The highest BCUT2D eigenvalue weighted by molar-refractivity contribution is 6.11. The summed E-state index contributed by atoms with van der Waals surface area (Å²) < 4.78 is 0. The summed E-state index contributed by atoms with van der Waals surface area (Å²) in [5, 5.41) is 4.42. The van der Waals surface area contributed by atoms with Gasteiger partial charge in [-0.2, -0.15) is 0 Å². The van der Waals surface area contributed by atoms with Crippen LogP contribution < -0.4 is 0 Å². The summed E-state index contributed by atoms with van der Waals surface area (Å²) in [6.07, 6.45) is 0. The van der Waals surface area contributed by atoms with Gasteiger partial charge in [0.25, 0.3) is 0 Å². The lowest BCUT2D eigenvalue weighted by molar-refractivity contribution is 0.769. The highest BCUT2D eigenvalue weighted by atomic mass is 14.8.